The molecule has 0 radical (unpaired) electrons. The summed E-state index contributed by atoms with van der Waals surface area (Å²) in [4.78, 5) is 13.4. The zero-order chi connectivity index (χ0) is 9.80. The van der Waals surface area contributed by atoms with Crippen LogP contribution in [0.2, 0.25) is 0 Å². The number of carbonyl (C=O) groups is 1. The van der Waals surface area contributed by atoms with Crippen LogP contribution < -0.4 is 5.73 Å². The quantitative estimate of drug-likeness (QED) is 0.640. The molecule has 1 amide bonds. The Morgan fingerprint density at radius 3 is 2.08 bits per heavy atom. The summed E-state index contributed by atoms with van der Waals surface area (Å²) in [6, 6.07) is 0. The van der Waals surface area contributed by atoms with Gasteiger partial charge < -0.3 is 5.73 Å². The Balaban J connectivity index is 1.94. The topological polar surface area (TPSA) is 46.3 Å². The van der Waals surface area contributed by atoms with E-state index in [0.717, 1.165) is 13.1 Å². The SMILES string of the molecule is CC(C)(C)N1CC2C(C1)C2C(N)=O. The molecule has 0 aromatic heterocycles. The second-order valence-corrected chi connectivity index (χ2v) is 5.33. The van der Waals surface area contributed by atoms with Crippen LogP contribution >= 0.6 is 0 Å². The van der Waals surface area contributed by atoms with Crippen LogP contribution in [0.3, 0.4) is 0 Å². The van der Waals surface area contributed by atoms with Crippen LogP contribution in [0.5, 0.6) is 0 Å². The summed E-state index contributed by atoms with van der Waals surface area (Å²) in [5.74, 6) is 1.23. The van der Waals surface area contributed by atoms with Crippen molar-refractivity contribution in [3.8, 4) is 0 Å². The Morgan fingerprint density at radius 2 is 1.77 bits per heavy atom. The smallest absolute Gasteiger partial charge is 0.221 e. The summed E-state index contributed by atoms with van der Waals surface area (Å²) >= 11 is 0. The molecule has 0 aromatic rings. The fourth-order valence-electron chi connectivity index (χ4n) is 2.50. The molecule has 0 spiro atoms. The monoisotopic (exact) mass is 182 g/mol. The number of carbonyl (C=O) groups excluding carboxylic acids is 1. The number of amides is 1. The van der Waals surface area contributed by atoms with Crippen molar-refractivity contribution in [1.82, 2.24) is 4.90 Å². The number of rotatable bonds is 1. The van der Waals surface area contributed by atoms with E-state index in [2.05, 4.69) is 25.7 Å². The van der Waals surface area contributed by atoms with Crippen molar-refractivity contribution < 1.29 is 4.79 Å². The molecule has 3 heteroatoms. The van der Waals surface area contributed by atoms with Crippen molar-refractivity contribution in [3.05, 3.63) is 0 Å². The number of hydrogen-bond acceptors (Lipinski definition) is 2. The first kappa shape index (κ1) is 9.00. The highest BCUT2D eigenvalue weighted by molar-refractivity contribution is 5.80. The van der Waals surface area contributed by atoms with Gasteiger partial charge in [-0.3, -0.25) is 9.69 Å². The predicted molar refractivity (Wildman–Crippen MR) is 51.0 cm³/mol. The number of fused-ring (bicyclic) bond motifs is 1. The van der Waals surface area contributed by atoms with Crippen molar-refractivity contribution in [2.45, 2.75) is 26.3 Å². The lowest BCUT2D eigenvalue weighted by Gasteiger charge is -2.33. The lowest BCUT2D eigenvalue weighted by molar-refractivity contribution is -0.120. The van der Waals surface area contributed by atoms with Gasteiger partial charge in [0.1, 0.15) is 0 Å². The largest absolute Gasteiger partial charge is 0.369 e. The van der Waals surface area contributed by atoms with E-state index >= 15 is 0 Å². The van der Waals surface area contributed by atoms with E-state index in [0.29, 0.717) is 11.8 Å². The maximum Gasteiger partial charge on any atom is 0.221 e. The maximum absolute atomic E-state index is 10.9. The van der Waals surface area contributed by atoms with Gasteiger partial charge in [-0.2, -0.15) is 0 Å². The van der Waals surface area contributed by atoms with Gasteiger partial charge in [0.25, 0.3) is 0 Å². The molecule has 2 unspecified atom stereocenters. The van der Waals surface area contributed by atoms with Crippen LogP contribution in [-0.4, -0.2) is 29.4 Å². The highest BCUT2D eigenvalue weighted by atomic mass is 16.1. The van der Waals surface area contributed by atoms with E-state index in [1.807, 2.05) is 0 Å². The number of primary amides is 1. The summed E-state index contributed by atoms with van der Waals surface area (Å²) in [6.07, 6.45) is 0. The molecule has 13 heavy (non-hydrogen) atoms. The fraction of sp³-hybridized carbons (Fsp3) is 0.900. The highest BCUT2D eigenvalue weighted by Crippen LogP contribution is 2.52. The van der Waals surface area contributed by atoms with E-state index in [1.165, 1.54) is 0 Å². The van der Waals surface area contributed by atoms with Gasteiger partial charge in [-0.1, -0.05) is 0 Å². The van der Waals surface area contributed by atoms with Gasteiger partial charge in [-0.25, -0.2) is 0 Å². The molecule has 2 N–H and O–H groups in total. The van der Waals surface area contributed by atoms with Crippen LogP contribution in [0.25, 0.3) is 0 Å². The number of nitrogens with two attached hydrogens (primary N) is 1. The third-order valence-corrected chi connectivity index (χ3v) is 3.47. The van der Waals surface area contributed by atoms with E-state index < -0.39 is 0 Å². The minimum atomic E-state index is -0.0939. The minimum absolute atomic E-state index is 0.0939. The summed E-state index contributed by atoms with van der Waals surface area (Å²) in [6.45, 7) is 8.77. The molecule has 1 aliphatic carbocycles. The van der Waals surface area contributed by atoms with Crippen molar-refractivity contribution in [3.63, 3.8) is 0 Å². The molecular formula is C10H18N2O. The Kier molecular flexibility index (Phi) is 1.71. The van der Waals surface area contributed by atoms with Crippen molar-refractivity contribution in [1.29, 1.82) is 0 Å². The molecule has 2 aliphatic rings. The molecule has 0 aromatic carbocycles. The third kappa shape index (κ3) is 1.35. The first-order valence-corrected chi connectivity index (χ1v) is 4.95. The van der Waals surface area contributed by atoms with E-state index in [4.69, 9.17) is 5.73 Å². The van der Waals surface area contributed by atoms with Gasteiger partial charge in [0, 0.05) is 24.5 Å². The van der Waals surface area contributed by atoms with E-state index in [9.17, 15) is 4.79 Å². The van der Waals surface area contributed by atoms with Gasteiger partial charge in [0.05, 0.1) is 0 Å². The van der Waals surface area contributed by atoms with Crippen LogP contribution in [-0.2, 0) is 4.79 Å². The van der Waals surface area contributed by atoms with Crippen molar-refractivity contribution >= 4 is 5.91 Å². The fourth-order valence-corrected chi connectivity index (χ4v) is 2.50. The molecule has 1 saturated heterocycles. The Hall–Kier alpha value is -0.570. The van der Waals surface area contributed by atoms with E-state index in [-0.39, 0.29) is 17.4 Å². The molecule has 74 valence electrons. The molecule has 1 aliphatic heterocycles. The summed E-state index contributed by atoms with van der Waals surface area (Å²) in [5.41, 5.74) is 5.53. The first-order chi connectivity index (χ1) is 5.91. The van der Waals surface area contributed by atoms with Crippen LogP contribution in [0, 0.1) is 17.8 Å². The Labute approximate surface area is 79.3 Å². The molecule has 3 nitrogen and oxygen atoms in total. The van der Waals surface area contributed by atoms with Crippen molar-refractivity contribution in [2.75, 3.05) is 13.1 Å². The summed E-state index contributed by atoms with van der Waals surface area (Å²) in [7, 11) is 0. The zero-order valence-corrected chi connectivity index (χ0v) is 8.58. The maximum atomic E-state index is 10.9. The van der Waals surface area contributed by atoms with E-state index in [1.54, 1.807) is 0 Å². The van der Waals surface area contributed by atoms with Gasteiger partial charge in [0.2, 0.25) is 5.91 Å². The average molecular weight is 182 g/mol. The molecular weight excluding hydrogens is 164 g/mol. The molecule has 1 saturated carbocycles. The first-order valence-electron chi connectivity index (χ1n) is 4.95. The van der Waals surface area contributed by atoms with Crippen LogP contribution in [0.15, 0.2) is 0 Å². The normalized spacial score (nSPS) is 38.8. The standard InChI is InChI=1S/C10H18N2O/c1-10(2,3)12-4-6-7(5-12)8(6)9(11)13/h6-8H,4-5H2,1-3H3,(H2,11,13). The average Bonchev–Trinajstić information content (AvgIpc) is 2.46. The van der Waals surface area contributed by atoms with Gasteiger partial charge in [0.15, 0.2) is 0 Å². The second-order valence-electron chi connectivity index (χ2n) is 5.33. The molecule has 2 atom stereocenters. The summed E-state index contributed by atoms with van der Waals surface area (Å²) < 4.78 is 0. The Bertz CT molecular complexity index is 232. The van der Waals surface area contributed by atoms with Gasteiger partial charge in [-0.15, -0.1) is 0 Å². The van der Waals surface area contributed by atoms with Crippen LogP contribution in [0.4, 0.5) is 0 Å². The van der Waals surface area contributed by atoms with Crippen molar-refractivity contribution in [2.24, 2.45) is 23.5 Å². The highest BCUT2D eigenvalue weighted by Gasteiger charge is 2.59. The predicted octanol–water partition coefficient (Wildman–Crippen LogP) is 0.448. The molecule has 0 bridgehead atoms. The molecule has 2 fully saturated rings. The van der Waals surface area contributed by atoms with Gasteiger partial charge >= 0.3 is 0 Å². The zero-order valence-electron chi connectivity index (χ0n) is 8.58. The molecule has 2 rings (SSSR count). The second kappa shape index (κ2) is 2.47. The molecule has 1 heterocycles. The number of hydrogen-bond donors (Lipinski definition) is 1. The number of piperidine rings is 1. The minimum Gasteiger partial charge on any atom is -0.369 e. The summed E-state index contributed by atoms with van der Waals surface area (Å²) in [5, 5.41) is 0. The lowest BCUT2D eigenvalue weighted by atomic mass is 10.1. The number of likely N-dealkylation sites (tertiary alicyclic amines) is 1. The van der Waals surface area contributed by atoms with Crippen LogP contribution in [0.1, 0.15) is 20.8 Å². The number of nitrogens with zero attached hydrogens (tertiary/aromatic N) is 1. The van der Waals surface area contributed by atoms with Gasteiger partial charge in [-0.05, 0) is 32.6 Å². The third-order valence-electron chi connectivity index (χ3n) is 3.47. The Morgan fingerprint density at radius 1 is 1.31 bits per heavy atom. The lowest BCUT2D eigenvalue weighted by Crippen LogP contribution is -2.42.